The Morgan fingerprint density at radius 2 is 1.92 bits per heavy atom. The van der Waals surface area contributed by atoms with E-state index in [4.69, 9.17) is 0 Å². The van der Waals surface area contributed by atoms with Gasteiger partial charge in [-0.1, -0.05) is 31.5 Å². The maximum Gasteiger partial charge on any atom is 0.251 e. The summed E-state index contributed by atoms with van der Waals surface area (Å²) in [4.78, 5) is 11.1. The van der Waals surface area contributed by atoms with Crippen molar-refractivity contribution in [1.82, 2.24) is 5.32 Å². The molecule has 72 valence electrons. The lowest BCUT2D eigenvalue weighted by atomic mass is 10.1. The Bertz CT molecular complexity index is 269. The minimum Gasteiger partial charge on any atom is -0.355 e. The van der Waals surface area contributed by atoms with Crippen molar-refractivity contribution < 1.29 is 4.79 Å². The second-order valence-electron chi connectivity index (χ2n) is 2.45. The largest absolute Gasteiger partial charge is 0.355 e. The van der Waals surface area contributed by atoms with E-state index in [1.54, 1.807) is 13.1 Å². The van der Waals surface area contributed by atoms with Crippen LogP contribution in [-0.2, 0) is 0 Å². The monoisotopic (exact) mass is 179 g/mol. The van der Waals surface area contributed by atoms with Crippen LogP contribution in [0.4, 0.5) is 0 Å². The third kappa shape index (κ3) is 3.74. The molecule has 2 nitrogen and oxygen atoms in total. The zero-order chi connectivity index (χ0) is 10.3. The van der Waals surface area contributed by atoms with E-state index in [0.29, 0.717) is 5.56 Å². The first-order chi connectivity index (χ1) is 6.24. The highest BCUT2D eigenvalue weighted by Crippen LogP contribution is 2.02. The van der Waals surface area contributed by atoms with Gasteiger partial charge in [-0.15, -0.1) is 0 Å². The lowest BCUT2D eigenvalue weighted by Crippen LogP contribution is -2.17. The van der Waals surface area contributed by atoms with Crippen molar-refractivity contribution in [2.24, 2.45) is 0 Å². The summed E-state index contributed by atoms with van der Waals surface area (Å²) < 4.78 is 0. The highest BCUT2D eigenvalue weighted by Gasteiger charge is 2.00. The van der Waals surface area contributed by atoms with E-state index in [0.717, 1.165) is 5.56 Å². The third-order valence-corrected chi connectivity index (χ3v) is 1.51. The van der Waals surface area contributed by atoms with Gasteiger partial charge in [-0.05, 0) is 19.1 Å². The molecule has 0 fully saturated rings. The summed E-state index contributed by atoms with van der Waals surface area (Å²) in [6, 6.07) is 7.50. The van der Waals surface area contributed by atoms with Gasteiger partial charge >= 0.3 is 0 Å². The van der Waals surface area contributed by atoms with Crippen molar-refractivity contribution in [2.45, 2.75) is 20.8 Å². The Morgan fingerprint density at radius 1 is 1.31 bits per heavy atom. The molecule has 2 heteroatoms. The summed E-state index contributed by atoms with van der Waals surface area (Å²) in [5, 5.41) is 2.57. The highest BCUT2D eigenvalue weighted by atomic mass is 16.1. The van der Waals surface area contributed by atoms with Crippen LogP contribution in [0, 0.1) is 6.92 Å². The van der Waals surface area contributed by atoms with E-state index in [1.807, 2.05) is 39.0 Å². The molecule has 0 aliphatic carbocycles. The average Bonchev–Trinajstić information content (AvgIpc) is 2.20. The summed E-state index contributed by atoms with van der Waals surface area (Å²) in [7, 11) is 1.63. The van der Waals surface area contributed by atoms with Crippen LogP contribution in [0.3, 0.4) is 0 Å². The number of aryl methyl sites for hydroxylation is 1. The summed E-state index contributed by atoms with van der Waals surface area (Å²) in [6.45, 7) is 5.96. The van der Waals surface area contributed by atoms with Gasteiger partial charge in [-0.3, -0.25) is 4.79 Å². The number of nitrogens with one attached hydrogen (secondary N) is 1. The fourth-order valence-electron chi connectivity index (χ4n) is 0.931. The van der Waals surface area contributed by atoms with E-state index in [9.17, 15) is 4.79 Å². The molecule has 0 heterocycles. The van der Waals surface area contributed by atoms with Gasteiger partial charge in [0.25, 0.3) is 5.91 Å². The Labute approximate surface area is 80.0 Å². The summed E-state index contributed by atoms with van der Waals surface area (Å²) >= 11 is 0. The molecule has 1 N–H and O–H groups in total. The molecule has 0 aliphatic rings. The number of benzene rings is 1. The molecule has 0 unspecified atom stereocenters. The second kappa shape index (κ2) is 6.23. The highest BCUT2D eigenvalue weighted by molar-refractivity contribution is 5.94. The van der Waals surface area contributed by atoms with E-state index >= 15 is 0 Å². The van der Waals surface area contributed by atoms with E-state index in [2.05, 4.69) is 5.32 Å². The molecule has 0 radical (unpaired) electrons. The molecule has 1 amide bonds. The van der Waals surface area contributed by atoms with E-state index in [1.165, 1.54) is 0 Å². The number of rotatable bonds is 1. The maximum atomic E-state index is 11.1. The van der Waals surface area contributed by atoms with E-state index in [-0.39, 0.29) is 5.91 Å². The molecule has 0 aliphatic heterocycles. The van der Waals surface area contributed by atoms with Crippen molar-refractivity contribution in [3.63, 3.8) is 0 Å². The molecule has 0 aromatic heterocycles. The van der Waals surface area contributed by atoms with Crippen LogP contribution in [0.25, 0.3) is 0 Å². The Morgan fingerprint density at radius 3 is 2.38 bits per heavy atom. The van der Waals surface area contributed by atoms with Crippen LogP contribution < -0.4 is 5.32 Å². The number of hydrogen-bond donors (Lipinski definition) is 1. The number of carbonyl (C=O) groups excluding carboxylic acids is 1. The average molecular weight is 179 g/mol. The first kappa shape index (κ1) is 11.7. The zero-order valence-electron chi connectivity index (χ0n) is 8.72. The predicted molar refractivity (Wildman–Crippen MR) is 55.9 cm³/mol. The predicted octanol–water partition coefficient (Wildman–Crippen LogP) is 2.38. The smallest absolute Gasteiger partial charge is 0.251 e. The van der Waals surface area contributed by atoms with Crippen molar-refractivity contribution in [1.29, 1.82) is 0 Å². The number of amides is 1. The normalized spacial score (nSPS) is 8.31. The van der Waals surface area contributed by atoms with E-state index < -0.39 is 0 Å². The molecule has 0 saturated carbocycles. The lowest BCUT2D eigenvalue weighted by molar-refractivity contribution is 0.0963. The minimum atomic E-state index is -0.0336. The van der Waals surface area contributed by atoms with Crippen LogP contribution in [0.1, 0.15) is 29.8 Å². The van der Waals surface area contributed by atoms with Gasteiger partial charge in [0.1, 0.15) is 0 Å². The van der Waals surface area contributed by atoms with Crippen LogP contribution in [0.5, 0.6) is 0 Å². The van der Waals surface area contributed by atoms with Crippen LogP contribution in [0.2, 0.25) is 0 Å². The fraction of sp³-hybridized carbons (Fsp3) is 0.364. The number of carbonyl (C=O) groups is 1. The molecule has 13 heavy (non-hydrogen) atoms. The van der Waals surface area contributed by atoms with Gasteiger partial charge in [-0.25, -0.2) is 0 Å². The Hall–Kier alpha value is -1.31. The second-order valence-corrected chi connectivity index (χ2v) is 2.45. The molecule has 0 saturated heterocycles. The van der Waals surface area contributed by atoms with Gasteiger partial charge in [0.2, 0.25) is 0 Å². The fourth-order valence-corrected chi connectivity index (χ4v) is 0.931. The molecular formula is C11H17NO. The topological polar surface area (TPSA) is 29.1 Å². The zero-order valence-corrected chi connectivity index (χ0v) is 8.72. The van der Waals surface area contributed by atoms with Crippen molar-refractivity contribution >= 4 is 5.91 Å². The van der Waals surface area contributed by atoms with Gasteiger partial charge in [-0.2, -0.15) is 0 Å². The summed E-state index contributed by atoms with van der Waals surface area (Å²) in [5.74, 6) is -0.0336. The first-order valence-corrected chi connectivity index (χ1v) is 4.53. The van der Waals surface area contributed by atoms with Crippen molar-refractivity contribution in [3.8, 4) is 0 Å². The SMILES string of the molecule is CC.CNC(=O)c1cccc(C)c1. The molecule has 1 aromatic rings. The molecule has 1 aromatic carbocycles. The number of hydrogen-bond acceptors (Lipinski definition) is 1. The molecule has 0 atom stereocenters. The standard InChI is InChI=1S/C9H11NO.C2H6/c1-7-4-3-5-8(6-7)9(11)10-2;1-2/h3-6H,1-2H3,(H,10,11);1-2H3. The third-order valence-electron chi connectivity index (χ3n) is 1.51. The minimum absolute atomic E-state index is 0.0336. The summed E-state index contributed by atoms with van der Waals surface area (Å²) in [5.41, 5.74) is 1.82. The summed E-state index contributed by atoms with van der Waals surface area (Å²) in [6.07, 6.45) is 0. The van der Waals surface area contributed by atoms with Gasteiger partial charge in [0.15, 0.2) is 0 Å². The van der Waals surface area contributed by atoms with Gasteiger partial charge in [0.05, 0.1) is 0 Å². The first-order valence-electron chi connectivity index (χ1n) is 4.53. The molecular weight excluding hydrogens is 162 g/mol. The van der Waals surface area contributed by atoms with Gasteiger partial charge in [0, 0.05) is 12.6 Å². The Balaban J connectivity index is 0.000000671. The van der Waals surface area contributed by atoms with Crippen molar-refractivity contribution in [2.75, 3.05) is 7.05 Å². The molecule has 0 bridgehead atoms. The van der Waals surface area contributed by atoms with Crippen LogP contribution in [0.15, 0.2) is 24.3 Å². The van der Waals surface area contributed by atoms with Crippen molar-refractivity contribution in [3.05, 3.63) is 35.4 Å². The molecule has 0 spiro atoms. The van der Waals surface area contributed by atoms with Crippen LogP contribution in [-0.4, -0.2) is 13.0 Å². The van der Waals surface area contributed by atoms with Crippen LogP contribution >= 0.6 is 0 Å². The Kier molecular flexibility index (Phi) is 5.60. The quantitative estimate of drug-likeness (QED) is 0.704. The molecule has 1 rings (SSSR count). The maximum absolute atomic E-state index is 11.1. The van der Waals surface area contributed by atoms with Gasteiger partial charge < -0.3 is 5.32 Å². The lowest BCUT2D eigenvalue weighted by Gasteiger charge is -1.99.